The zero-order valence-corrected chi connectivity index (χ0v) is 8.66. The minimum Gasteiger partial charge on any atom is -0.394 e. The first-order valence-electron chi connectivity index (χ1n) is 4.92. The number of rotatable bonds is 8. The summed E-state index contributed by atoms with van der Waals surface area (Å²) in [5.41, 5.74) is 5.41. The van der Waals surface area contributed by atoms with Crippen molar-refractivity contribution in [3.05, 3.63) is 0 Å². The molecular formula is C9H20N2O3. The summed E-state index contributed by atoms with van der Waals surface area (Å²) in [4.78, 5) is 11.3. The van der Waals surface area contributed by atoms with Crippen LogP contribution < -0.4 is 11.1 Å². The molecule has 0 aromatic heterocycles. The highest BCUT2D eigenvalue weighted by atomic mass is 16.5. The zero-order chi connectivity index (χ0) is 10.8. The molecule has 1 atom stereocenters. The van der Waals surface area contributed by atoms with Gasteiger partial charge in [-0.05, 0) is 6.42 Å². The van der Waals surface area contributed by atoms with E-state index in [1.165, 1.54) is 0 Å². The van der Waals surface area contributed by atoms with Crippen molar-refractivity contribution in [1.29, 1.82) is 0 Å². The van der Waals surface area contributed by atoms with Crippen LogP contribution in [0, 0.1) is 5.92 Å². The van der Waals surface area contributed by atoms with Crippen LogP contribution in [-0.2, 0) is 9.53 Å². The number of carbonyl (C=O) groups excluding carboxylic acids is 1. The monoisotopic (exact) mass is 204 g/mol. The maximum atomic E-state index is 11.3. The first-order chi connectivity index (χ1) is 6.76. The maximum absolute atomic E-state index is 11.3. The summed E-state index contributed by atoms with van der Waals surface area (Å²) in [6.07, 6.45) is 0.750. The SMILES string of the molecule is CCC(CN)C(=O)NCCOCCO. The van der Waals surface area contributed by atoms with E-state index in [-0.39, 0.29) is 18.4 Å². The van der Waals surface area contributed by atoms with E-state index in [1.54, 1.807) is 0 Å². The molecule has 1 unspecified atom stereocenters. The molecule has 0 saturated heterocycles. The third-order valence-electron chi connectivity index (χ3n) is 1.93. The van der Waals surface area contributed by atoms with Gasteiger partial charge in [0.15, 0.2) is 0 Å². The minimum atomic E-state index is -0.104. The second-order valence-electron chi connectivity index (χ2n) is 2.97. The molecule has 0 aliphatic heterocycles. The van der Waals surface area contributed by atoms with Gasteiger partial charge in [-0.25, -0.2) is 0 Å². The van der Waals surface area contributed by atoms with Crippen LogP contribution in [-0.4, -0.2) is 43.9 Å². The first kappa shape index (κ1) is 13.4. The van der Waals surface area contributed by atoms with Crippen molar-refractivity contribution < 1.29 is 14.6 Å². The fourth-order valence-electron chi connectivity index (χ4n) is 1.02. The average molecular weight is 204 g/mol. The Bertz CT molecular complexity index is 149. The van der Waals surface area contributed by atoms with E-state index in [4.69, 9.17) is 15.6 Å². The van der Waals surface area contributed by atoms with Gasteiger partial charge in [-0.15, -0.1) is 0 Å². The van der Waals surface area contributed by atoms with Crippen LogP contribution in [0.15, 0.2) is 0 Å². The molecule has 0 aromatic carbocycles. The Labute approximate surface area is 84.6 Å². The van der Waals surface area contributed by atoms with Crippen molar-refractivity contribution in [2.75, 3.05) is 32.9 Å². The quantitative estimate of drug-likeness (QED) is 0.447. The van der Waals surface area contributed by atoms with Gasteiger partial charge in [-0.3, -0.25) is 4.79 Å². The molecular weight excluding hydrogens is 184 g/mol. The lowest BCUT2D eigenvalue weighted by Gasteiger charge is -2.12. The van der Waals surface area contributed by atoms with Gasteiger partial charge in [0.05, 0.1) is 19.8 Å². The molecule has 84 valence electrons. The smallest absolute Gasteiger partial charge is 0.224 e. The number of carbonyl (C=O) groups is 1. The van der Waals surface area contributed by atoms with E-state index in [9.17, 15) is 4.79 Å². The van der Waals surface area contributed by atoms with Gasteiger partial charge in [0.25, 0.3) is 0 Å². The number of aliphatic hydroxyl groups is 1. The van der Waals surface area contributed by atoms with Crippen molar-refractivity contribution in [3.8, 4) is 0 Å². The molecule has 0 bridgehead atoms. The van der Waals surface area contributed by atoms with Crippen molar-refractivity contribution in [1.82, 2.24) is 5.32 Å². The van der Waals surface area contributed by atoms with Gasteiger partial charge < -0.3 is 20.9 Å². The standard InChI is InChI=1S/C9H20N2O3/c1-2-8(7-10)9(13)11-3-5-14-6-4-12/h8,12H,2-7,10H2,1H3,(H,11,13). The van der Waals surface area contributed by atoms with Gasteiger partial charge in [-0.2, -0.15) is 0 Å². The van der Waals surface area contributed by atoms with Gasteiger partial charge >= 0.3 is 0 Å². The maximum Gasteiger partial charge on any atom is 0.224 e. The van der Waals surface area contributed by atoms with Gasteiger partial charge in [0, 0.05) is 19.0 Å². The van der Waals surface area contributed by atoms with E-state index >= 15 is 0 Å². The molecule has 0 rings (SSSR count). The van der Waals surface area contributed by atoms with Crippen LogP contribution >= 0.6 is 0 Å². The molecule has 0 radical (unpaired) electrons. The molecule has 5 nitrogen and oxygen atoms in total. The van der Waals surface area contributed by atoms with Crippen molar-refractivity contribution in [2.45, 2.75) is 13.3 Å². The van der Waals surface area contributed by atoms with Gasteiger partial charge in [0.2, 0.25) is 5.91 Å². The normalized spacial score (nSPS) is 12.5. The fraction of sp³-hybridized carbons (Fsp3) is 0.889. The summed E-state index contributed by atoms with van der Waals surface area (Å²) in [5, 5.41) is 11.1. The summed E-state index contributed by atoms with van der Waals surface area (Å²) >= 11 is 0. The van der Waals surface area contributed by atoms with Crippen LogP contribution in [0.1, 0.15) is 13.3 Å². The number of amides is 1. The molecule has 0 aliphatic rings. The Kier molecular flexibility index (Phi) is 8.51. The molecule has 0 aliphatic carbocycles. The number of nitrogens with one attached hydrogen (secondary N) is 1. The fourth-order valence-corrected chi connectivity index (χ4v) is 1.02. The van der Waals surface area contributed by atoms with Crippen LogP contribution in [0.3, 0.4) is 0 Å². The summed E-state index contributed by atoms with van der Waals surface area (Å²) in [5.74, 6) is -0.129. The second-order valence-corrected chi connectivity index (χ2v) is 2.97. The zero-order valence-electron chi connectivity index (χ0n) is 8.66. The molecule has 14 heavy (non-hydrogen) atoms. The predicted octanol–water partition coefficient (Wildman–Crippen LogP) is -0.904. The Balaban J connectivity index is 3.43. The van der Waals surface area contributed by atoms with E-state index in [2.05, 4.69) is 5.32 Å². The lowest BCUT2D eigenvalue weighted by Crippen LogP contribution is -2.36. The van der Waals surface area contributed by atoms with Crippen molar-refractivity contribution >= 4 is 5.91 Å². The first-order valence-corrected chi connectivity index (χ1v) is 4.92. The molecule has 0 saturated carbocycles. The summed E-state index contributed by atoms with van der Waals surface area (Å²) in [7, 11) is 0. The average Bonchev–Trinajstić information content (AvgIpc) is 2.19. The van der Waals surface area contributed by atoms with E-state index in [0.717, 1.165) is 6.42 Å². The Morgan fingerprint density at radius 3 is 2.79 bits per heavy atom. The largest absolute Gasteiger partial charge is 0.394 e. The van der Waals surface area contributed by atoms with E-state index in [1.807, 2.05) is 6.92 Å². The molecule has 0 aromatic rings. The number of nitrogens with two attached hydrogens (primary N) is 1. The van der Waals surface area contributed by atoms with E-state index in [0.29, 0.717) is 26.3 Å². The highest BCUT2D eigenvalue weighted by Crippen LogP contribution is 1.98. The number of ether oxygens (including phenoxy) is 1. The molecule has 0 fully saturated rings. The molecule has 1 amide bonds. The molecule has 0 heterocycles. The summed E-state index contributed by atoms with van der Waals surface area (Å²) < 4.78 is 4.98. The topological polar surface area (TPSA) is 84.6 Å². The van der Waals surface area contributed by atoms with Gasteiger partial charge in [0.1, 0.15) is 0 Å². The highest BCUT2D eigenvalue weighted by Gasteiger charge is 2.12. The summed E-state index contributed by atoms with van der Waals surface area (Å²) in [6.45, 7) is 3.51. The Morgan fingerprint density at radius 2 is 2.29 bits per heavy atom. The summed E-state index contributed by atoms with van der Waals surface area (Å²) in [6, 6.07) is 0. The Hall–Kier alpha value is -0.650. The van der Waals surface area contributed by atoms with Crippen LogP contribution in [0.5, 0.6) is 0 Å². The lowest BCUT2D eigenvalue weighted by atomic mass is 10.1. The number of hydrogen-bond donors (Lipinski definition) is 3. The molecule has 5 heteroatoms. The lowest BCUT2D eigenvalue weighted by molar-refractivity contribution is -0.125. The minimum absolute atomic E-state index is 0.00827. The van der Waals surface area contributed by atoms with Crippen LogP contribution in [0.25, 0.3) is 0 Å². The third kappa shape index (κ3) is 5.90. The second kappa shape index (κ2) is 8.93. The Morgan fingerprint density at radius 1 is 1.57 bits per heavy atom. The third-order valence-corrected chi connectivity index (χ3v) is 1.93. The van der Waals surface area contributed by atoms with E-state index < -0.39 is 0 Å². The molecule has 0 spiro atoms. The van der Waals surface area contributed by atoms with Crippen LogP contribution in [0.2, 0.25) is 0 Å². The molecule has 4 N–H and O–H groups in total. The van der Waals surface area contributed by atoms with Crippen molar-refractivity contribution in [2.24, 2.45) is 11.7 Å². The number of hydrogen-bond acceptors (Lipinski definition) is 4. The predicted molar refractivity (Wildman–Crippen MR) is 53.7 cm³/mol. The van der Waals surface area contributed by atoms with Crippen LogP contribution in [0.4, 0.5) is 0 Å². The van der Waals surface area contributed by atoms with Gasteiger partial charge in [-0.1, -0.05) is 6.92 Å². The highest BCUT2D eigenvalue weighted by molar-refractivity contribution is 5.78. The van der Waals surface area contributed by atoms with Crippen molar-refractivity contribution in [3.63, 3.8) is 0 Å². The number of aliphatic hydroxyl groups excluding tert-OH is 1.